The van der Waals surface area contributed by atoms with Crippen LogP contribution in [0.3, 0.4) is 0 Å². The second-order valence-electron chi connectivity index (χ2n) is 3.21. The van der Waals surface area contributed by atoms with Crippen LogP contribution >= 0.6 is 0 Å². The Morgan fingerprint density at radius 2 is 2.14 bits per heavy atom. The van der Waals surface area contributed by atoms with Crippen molar-refractivity contribution in [1.29, 1.82) is 0 Å². The number of hydrogen-bond donors (Lipinski definition) is 1. The molecule has 0 saturated heterocycles. The summed E-state index contributed by atoms with van der Waals surface area (Å²) in [6, 6.07) is 8.02. The van der Waals surface area contributed by atoms with Gasteiger partial charge in [0, 0.05) is 17.5 Å². The van der Waals surface area contributed by atoms with Gasteiger partial charge >= 0.3 is 0 Å². The van der Waals surface area contributed by atoms with Crippen molar-refractivity contribution >= 4 is 17.0 Å². The molecule has 2 heteroatoms. The first-order chi connectivity index (χ1) is 6.83. The first kappa shape index (κ1) is 9.03. The molecule has 14 heavy (non-hydrogen) atoms. The van der Waals surface area contributed by atoms with Crippen LogP contribution < -0.4 is 5.73 Å². The average Bonchev–Trinajstić information content (AvgIpc) is 2.51. The number of nitrogens with two attached hydrogens (primary N) is 1. The number of para-hydroxylation sites is 1. The zero-order chi connectivity index (χ0) is 9.97. The molecule has 2 rings (SSSR count). The van der Waals surface area contributed by atoms with E-state index in [-0.39, 0.29) is 0 Å². The highest BCUT2D eigenvalue weighted by Gasteiger charge is 2.06. The number of hydrogen-bond acceptors (Lipinski definition) is 2. The number of aryl methyl sites for hydroxylation is 1. The van der Waals surface area contributed by atoms with Gasteiger partial charge in [0.1, 0.15) is 11.3 Å². The number of benzene rings is 1. The Balaban J connectivity index is 2.62. The highest BCUT2D eigenvalue weighted by atomic mass is 16.3. The van der Waals surface area contributed by atoms with Gasteiger partial charge in [0.15, 0.2) is 0 Å². The van der Waals surface area contributed by atoms with Crippen LogP contribution in [0.1, 0.15) is 11.3 Å². The predicted molar refractivity (Wildman–Crippen MR) is 59.0 cm³/mol. The Labute approximate surface area is 83.0 Å². The molecule has 0 atom stereocenters. The largest absolute Gasteiger partial charge is 0.461 e. The molecule has 2 N–H and O–H groups in total. The van der Waals surface area contributed by atoms with Crippen LogP contribution in [-0.4, -0.2) is 6.54 Å². The number of rotatable bonds is 2. The molecule has 72 valence electrons. The maximum absolute atomic E-state index is 5.60. The van der Waals surface area contributed by atoms with Crippen molar-refractivity contribution in [2.24, 2.45) is 5.73 Å². The van der Waals surface area contributed by atoms with Gasteiger partial charge in [-0.3, -0.25) is 0 Å². The minimum atomic E-state index is 0.555. The van der Waals surface area contributed by atoms with E-state index in [1.165, 1.54) is 0 Å². The fourth-order valence-corrected chi connectivity index (χ4v) is 1.58. The summed E-state index contributed by atoms with van der Waals surface area (Å²) in [4.78, 5) is 0. The van der Waals surface area contributed by atoms with E-state index in [4.69, 9.17) is 10.2 Å². The van der Waals surface area contributed by atoms with Gasteiger partial charge in [0.05, 0.1) is 0 Å². The Hall–Kier alpha value is -1.54. The van der Waals surface area contributed by atoms with Gasteiger partial charge in [0.2, 0.25) is 0 Å². The molecule has 2 aromatic rings. The van der Waals surface area contributed by atoms with Crippen LogP contribution in [0.25, 0.3) is 17.0 Å². The molecule has 0 bridgehead atoms. The molecular formula is C12H13NO. The van der Waals surface area contributed by atoms with Crippen molar-refractivity contribution in [1.82, 2.24) is 0 Å². The highest BCUT2D eigenvalue weighted by molar-refractivity contribution is 5.88. The predicted octanol–water partition coefficient (Wildman–Crippen LogP) is 2.71. The molecule has 0 saturated carbocycles. The Morgan fingerprint density at radius 3 is 2.93 bits per heavy atom. The van der Waals surface area contributed by atoms with Gasteiger partial charge in [0.25, 0.3) is 0 Å². The summed E-state index contributed by atoms with van der Waals surface area (Å²) in [6.45, 7) is 2.52. The van der Waals surface area contributed by atoms with Crippen LogP contribution in [0.15, 0.2) is 34.8 Å². The van der Waals surface area contributed by atoms with Crippen molar-refractivity contribution in [3.05, 3.63) is 41.7 Å². The molecule has 1 heterocycles. The van der Waals surface area contributed by atoms with E-state index in [9.17, 15) is 0 Å². The monoisotopic (exact) mass is 187 g/mol. The summed E-state index contributed by atoms with van der Waals surface area (Å²) in [5.74, 6) is 0.941. The fourth-order valence-electron chi connectivity index (χ4n) is 1.58. The van der Waals surface area contributed by atoms with E-state index >= 15 is 0 Å². The maximum atomic E-state index is 5.60. The normalized spacial score (nSPS) is 11.6. The lowest BCUT2D eigenvalue weighted by Gasteiger charge is -1.89. The molecule has 0 unspecified atom stereocenters. The first-order valence-corrected chi connectivity index (χ1v) is 4.67. The third-order valence-electron chi connectivity index (χ3n) is 2.24. The lowest BCUT2D eigenvalue weighted by molar-refractivity contribution is 0.577. The number of fused-ring (bicyclic) bond motifs is 1. The SMILES string of the molecule is Cc1oc2ccccc2c1/C=C/CN. The zero-order valence-electron chi connectivity index (χ0n) is 8.16. The van der Waals surface area contributed by atoms with Crippen molar-refractivity contribution in [3.63, 3.8) is 0 Å². The zero-order valence-corrected chi connectivity index (χ0v) is 8.16. The summed E-state index contributed by atoms with van der Waals surface area (Å²) >= 11 is 0. The van der Waals surface area contributed by atoms with Crippen molar-refractivity contribution in [2.75, 3.05) is 6.54 Å². The van der Waals surface area contributed by atoms with Gasteiger partial charge in [-0.05, 0) is 13.0 Å². The summed E-state index contributed by atoms with van der Waals surface area (Å²) < 4.78 is 5.60. The number of furan rings is 1. The van der Waals surface area contributed by atoms with Gasteiger partial charge < -0.3 is 10.2 Å². The van der Waals surface area contributed by atoms with Gasteiger partial charge in [-0.25, -0.2) is 0 Å². The third kappa shape index (κ3) is 1.44. The molecule has 0 spiro atoms. The second kappa shape index (κ2) is 3.68. The third-order valence-corrected chi connectivity index (χ3v) is 2.24. The van der Waals surface area contributed by atoms with Gasteiger partial charge in [-0.2, -0.15) is 0 Å². The summed E-state index contributed by atoms with van der Waals surface area (Å²) in [5, 5.41) is 1.15. The molecule has 0 amide bonds. The smallest absolute Gasteiger partial charge is 0.134 e. The quantitative estimate of drug-likeness (QED) is 0.785. The topological polar surface area (TPSA) is 39.2 Å². The highest BCUT2D eigenvalue weighted by Crippen LogP contribution is 2.25. The van der Waals surface area contributed by atoms with Gasteiger partial charge in [-0.1, -0.05) is 30.4 Å². The van der Waals surface area contributed by atoms with Crippen molar-refractivity contribution in [2.45, 2.75) is 6.92 Å². The van der Waals surface area contributed by atoms with Crippen molar-refractivity contribution < 1.29 is 4.42 Å². The lowest BCUT2D eigenvalue weighted by atomic mass is 10.1. The molecule has 1 aromatic heterocycles. The minimum absolute atomic E-state index is 0.555. The van der Waals surface area contributed by atoms with Crippen molar-refractivity contribution in [3.8, 4) is 0 Å². The molecule has 1 aromatic carbocycles. The molecule has 2 nitrogen and oxygen atoms in total. The Kier molecular flexibility index (Phi) is 2.37. The Bertz CT molecular complexity index is 468. The summed E-state index contributed by atoms with van der Waals surface area (Å²) in [6.07, 6.45) is 3.95. The van der Waals surface area contributed by atoms with E-state index in [1.807, 2.05) is 37.3 Å². The summed E-state index contributed by atoms with van der Waals surface area (Å²) in [5.41, 5.74) is 7.48. The van der Waals surface area contributed by atoms with E-state index < -0.39 is 0 Å². The average molecular weight is 187 g/mol. The summed E-state index contributed by atoms with van der Waals surface area (Å²) in [7, 11) is 0. The molecule has 0 fully saturated rings. The standard InChI is InChI=1S/C12H13NO/c1-9-10(6-4-8-13)11-5-2-3-7-12(11)14-9/h2-7H,8,13H2,1H3/b6-4+. The fraction of sp³-hybridized carbons (Fsp3) is 0.167. The van der Waals surface area contributed by atoms with Gasteiger partial charge in [-0.15, -0.1) is 0 Å². The maximum Gasteiger partial charge on any atom is 0.134 e. The molecular weight excluding hydrogens is 174 g/mol. The lowest BCUT2D eigenvalue weighted by Crippen LogP contribution is -1.91. The molecule has 0 aliphatic rings. The first-order valence-electron chi connectivity index (χ1n) is 4.67. The minimum Gasteiger partial charge on any atom is -0.461 e. The van der Waals surface area contributed by atoms with E-state index in [0.717, 1.165) is 22.3 Å². The molecule has 0 aliphatic heterocycles. The van der Waals surface area contributed by atoms with E-state index in [2.05, 4.69) is 6.07 Å². The van der Waals surface area contributed by atoms with Crippen LogP contribution in [0.5, 0.6) is 0 Å². The van der Waals surface area contributed by atoms with Crippen LogP contribution in [-0.2, 0) is 0 Å². The van der Waals surface area contributed by atoms with Crippen LogP contribution in [0.4, 0.5) is 0 Å². The van der Waals surface area contributed by atoms with Crippen LogP contribution in [0, 0.1) is 6.92 Å². The van der Waals surface area contributed by atoms with E-state index in [0.29, 0.717) is 6.54 Å². The second-order valence-corrected chi connectivity index (χ2v) is 3.21. The van der Waals surface area contributed by atoms with Crippen LogP contribution in [0.2, 0.25) is 0 Å². The molecule has 0 radical (unpaired) electrons. The Morgan fingerprint density at radius 1 is 1.36 bits per heavy atom. The molecule has 0 aliphatic carbocycles. The van der Waals surface area contributed by atoms with E-state index in [1.54, 1.807) is 0 Å².